The van der Waals surface area contributed by atoms with Crippen molar-refractivity contribution in [3.63, 3.8) is 0 Å². The van der Waals surface area contributed by atoms with Crippen molar-refractivity contribution >= 4 is 27.7 Å². The van der Waals surface area contributed by atoms with Gasteiger partial charge in [-0.05, 0) is 66.1 Å². The molecule has 0 fully saturated rings. The summed E-state index contributed by atoms with van der Waals surface area (Å²) >= 11 is 5.28. The van der Waals surface area contributed by atoms with Crippen molar-refractivity contribution in [2.24, 2.45) is 0 Å². The SMILES string of the molecule is CCC(C)(CSCc1cccc(Oc2ccc(Br)cc2)c1)c1ccc(OC(F)F)cc1. The molecule has 31 heavy (non-hydrogen) atoms. The third-order valence-corrected chi connectivity index (χ3v) is 7.10. The fourth-order valence-electron chi connectivity index (χ4n) is 3.16. The Kier molecular flexibility index (Phi) is 8.38. The molecule has 0 N–H and O–H groups in total. The lowest BCUT2D eigenvalue weighted by Crippen LogP contribution is -2.24. The van der Waals surface area contributed by atoms with Gasteiger partial charge in [-0.3, -0.25) is 0 Å². The normalized spacial score (nSPS) is 13.1. The van der Waals surface area contributed by atoms with E-state index >= 15 is 0 Å². The number of thioether (sulfide) groups is 1. The van der Waals surface area contributed by atoms with E-state index in [0.717, 1.165) is 39.5 Å². The number of benzene rings is 3. The first kappa shape index (κ1) is 23.6. The second-order valence-electron chi connectivity index (χ2n) is 7.51. The molecular formula is C25H25BrF2O2S. The number of alkyl halides is 2. The minimum Gasteiger partial charge on any atom is -0.457 e. The summed E-state index contributed by atoms with van der Waals surface area (Å²) in [6, 6.07) is 22.9. The van der Waals surface area contributed by atoms with Gasteiger partial charge in [0.2, 0.25) is 0 Å². The van der Waals surface area contributed by atoms with E-state index in [4.69, 9.17) is 4.74 Å². The Hall–Kier alpha value is -2.05. The lowest BCUT2D eigenvalue weighted by atomic mass is 9.82. The fourth-order valence-corrected chi connectivity index (χ4v) is 4.76. The minimum atomic E-state index is -2.80. The fraction of sp³-hybridized carbons (Fsp3) is 0.280. The lowest BCUT2D eigenvalue weighted by Gasteiger charge is -2.29. The van der Waals surface area contributed by atoms with Gasteiger partial charge in [-0.15, -0.1) is 0 Å². The first-order chi connectivity index (χ1) is 14.9. The standard InChI is InChI=1S/C25H25BrF2O2S/c1-3-25(2,19-7-11-22(12-8-19)30-24(27)28)17-31-16-18-5-4-6-23(15-18)29-21-13-9-20(26)10-14-21/h4-15,24H,3,16-17H2,1-2H3. The Morgan fingerprint density at radius 1 is 0.935 bits per heavy atom. The maximum absolute atomic E-state index is 12.4. The molecule has 3 aromatic carbocycles. The van der Waals surface area contributed by atoms with Gasteiger partial charge in [-0.2, -0.15) is 20.5 Å². The lowest BCUT2D eigenvalue weighted by molar-refractivity contribution is -0.0498. The quantitative estimate of drug-likeness (QED) is 0.274. The molecule has 6 heteroatoms. The maximum Gasteiger partial charge on any atom is 0.387 e. The summed E-state index contributed by atoms with van der Waals surface area (Å²) in [4.78, 5) is 0. The molecule has 0 bridgehead atoms. The van der Waals surface area contributed by atoms with Crippen molar-refractivity contribution in [3.8, 4) is 17.2 Å². The average Bonchev–Trinajstić information content (AvgIpc) is 2.75. The summed E-state index contributed by atoms with van der Waals surface area (Å²) in [5.74, 6) is 3.57. The van der Waals surface area contributed by atoms with Gasteiger partial charge in [-0.25, -0.2) is 0 Å². The Labute approximate surface area is 195 Å². The van der Waals surface area contributed by atoms with Crippen LogP contribution in [0.15, 0.2) is 77.3 Å². The van der Waals surface area contributed by atoms with E-state index in [1.165, 1.54) is 5.56 Å². The monoisotopic (exact) mass is 506 g/mol. The molecule has 0 aliphatic heterocycles. The van der Waals surface area contributed by atoms with Gasteiger partial charge in [0, 0.05) is 21.4 Å². The molecule has 0 spiro atoms. The highest BCUT2D eigenvalue weighted by atomic mass is 79.9. The highest BCUT2D eigenvalue weighted by Crippen LogP contribution is 2.34. The predicted octanol–water partition coefficient (Wildman–Crippen LogP) is 8.44. The van der Waals surface area contributed by atoms with Crippen molar-refractivity contribution < 1.29 is 18.3 Å². The molecule has 164 valence electrons. The van der Waals surface area contributed by atoms with E-state index < -0.39 is 6.61 Å². The molecule has 3 rings (SSSR count). The topological polar surface area (TPSA) is 18.5 Å². The highest BCUT2D eigenvalue weighted by molar-refractivity contribution is 9.10. The molecule has 1 unspecified atom stereocenters. The molecule has 0 amide bonds. The van der Waals surface area contributed by atoms with Crippen molar-refractivity contribution in [1.29, 1.82) is 0 Å². The number of hydrogen-bond acceptors (Lipinski definition) is 3. The molecule has 0 radical (unpaired) electrons. The summed E-state index contributed by atoms with van der Waals surface area (Å²) in [6.07, 6.45) is 0.946. The molecule has 1 atom stereocenters. The van der Waals surface area contributed by atoms with Crippen LogP contribution in [0.3, 0.4) is 0 Å². The van der Waals surface area contributed by atoms with Gasteiger partial charge in [-0.1, -0.05) is 54.0 Å². The molecule has 0 aromatic heterocycles. The molecule has 0 aliphatic rings. The summed E-state index contributed by atoms with van der Waals surface area (Å²) in [6.45, 7) is 1.55. The second kappa shape index (κ2) is 11.0. The van der Waals surface area contributed by atoms with Gasteiger partial charge < -0.3 is 9.47 Å². The zero-order valence-electron chi connectivity index (χ0n) is 17.5. The van der Waals surface area contributed by atoms with E-state index in [1.54, 1.807) is 12.1 Å². The van der Waals surface area contributed by atoms with Crippen LogP contribution >= 0.6 is 27.7 Å². The van der Waals surface area contributed by atoms with Crippen LogP contribution in [-0.4, -0.2) is 12.4 Å². The number of halogens is 3. The summed E-state index contributed by atoms with van der Waals surface area (Å²) < 4.78 is 36.2. The van der Waals surface area contributed by atoms with E-state index in [1.807, 2.05) is 60.3 Å². The van der Waals surface area contributed by atoms with Crippen LogP contribution in [0.5, 0.6) is 17.2 Å². The van der Waals surface area contributed by atoms with Gasteiger partial charge >= 0.3 is 6.61 Å². The highest BCUT2D eigenvalue weighted by Gasteiger charge is 2.24. The van der Waals surface area contributed by atoms with Crippen LogP contribution in [0.1, 0.15) is 31.4 Å². The second-order valence-corrected chi connectivity index (χ2v) is 9.41. The van der Waals surface area contributed by atoms with Gasteiger partial charge in [0.25, 0.3) is 0 Å². The predicted molar refractivity (Wildman–Crippen MR) is 128 cm³/mol. The van der Waals surface area contributed by atoms with E-state index in [9.17, 15) is 8.78 Å². The van der Waals surface area contributed by atoms with Crippen molar-refractivity contribution in [2.75, 3.05) is 5.75 Å². The third-order valence-electron chi connectivity index (χ3n) is 5.19. The maximum atomic E-state index is 12.4. The van der Waals surface area contributed by atoms with Crippen LogP contribution < -0.4 is 9.47 Å². The first-order valence-electron chi connectivity index (χ1n) is 10.0. The Bertz CT molecular complexity index is 964. The zero-order chi connectivity index (χ0) is 22.3. The van der Waals surface area contributed by atoms with Crippen LogP contribution in [0.4, 0.5) is 8.78 Å². The number of rotatable bonds is 10. The van der Waals surface area contributed by atoms with Crippen molar-refractivity contribution in [1.82, 2.24) is 0 Å². The van der Waals surface area contributed by atoms with Gasteiger partial charge in [0.15, 0.2) is 0 Å². The molecule has 3 aromatic rings. The Balaban J connectivity index is 1.59. The van der Waals surface area contributed by atoms with E-state index in [-0.39, 0.29) is 11.2 Å². The molecule has 0 saturated heterocycles. The number of hydrogen-bond donors (Lipinski definition) is 0. The van der Waals surface area contributed by atoms with Gasteiger partial charge in [0.05, 0.1) is 0 Å². The van der Waals surface area contributed by atoms with E-state index in [0.29, 0.717) is 0 Å². The Morgan fingerprint density at radius 2 is 1.61 bits per heavy atom. The smallest absolute Gasteiger partial charge is 0.387 e. The molecule has 0 aliphatic carbocycles. The largest absolute Gasteiger partial charge is 0.457 e. The summed E-state index contributed by atoms with van der Waals surface area (Å²) in [5, 5.41) is 0. The summed E-state index contributed by atoms with van der Waals surface area (Å²) in [5.41, 5.74) is 2.26. The summed E-state index contributed by atoms with van der Waals surface area (Å²) in [7, 11) is 0. The molecule has 0 heterocycles. The Morgan fingerprint density at radius 3 is 2.26 bits per heavy atom. The third kappa shape index (κ3) is 6.97. The van der Waals surface area contributed by atoms with Crippen LogP contribution in [0.25, 0.3) is 0 Å². The van der Waals surface area contributed by atoms with E-state index in [2.05, 4.69) is 46.6 Å². The first-order valence-corrected chi connectivity index (χ1v) is 12.0. The van der Waals surface area contributed by atoms with Crippen molar-refractivity contribution in [2.45, 2.75) is 38.0 Å². The average molecular weight is 507 g/mol. The molecule has 2 nitrogen and oxygen atoms in total. The van der Waals surface area contributed by atoms with Gasteiger partial charge in [0.1, 0.15) is 17.2 Å². The van der Waals surface area contributed by atoms with Crippen molar-refractivity contribution in [3.05, 3.63) is 88.4 Å². The molecular weight excluding hydrogens is 482 g/mol. The minimum absolute atomic E-state index is 0.0560. The number of ether oxygens (including phenoxy) is 2. The van der Waals surface area contributed by atoms with Crippen LogP contribution in [0, 0.1) is 0 Å². The van der Waals surface area contributed by atoms with Crippen LogP contribution in [-0.2, 0) is 11.2 Å². The zero-order valence-corrected chi connectivity index (χ0v) is 19.9. The molecule has 0 saturated carbocycles. The van der Waals surface area contributed by atoms with Crippen LogP contribution in [0.2, 0.25) is 0 Å².